The number of nitrogens with zero attached hydrogens (tertiary/aromatic N) is 3. The minimum absolute atomic E-state index is 0.213. The monoisotopic (exact) mass is 480 g/mol. The Morgan fingerprint density at radius 3 is 2.74 bits per heavy atom. The van der Waals surface area contributed by atoms with Gasteiger partial charge in [0.05, 0.1) is 29.7 Å². The van der Waals surface area contributed by atoms with Crippen molar-refractivity contribution in [3.63, 3.8) is 0 Å². The van der Waals surface area contributed by atoms with Crippen molar-refractivity contribution >= 4 is 52.4 Å². The highest BCUT2D eigenvalue weighted by molar-refractivity contribution is 6.33. The molecule has 0 unspecified atom stereocenters. The van der Waals surface area contributed by atoms with Crippen LogP contribution in [0, 0.1) is 13.8 Å². The second-order valence-electron chi connectivity index (χ2n) is 7.99. The number of carbonyl (C=O) groups excluding carboxylic acids is 2. The Labute approximate surface area is 202 Å². The molecule has 2 amide bonds. The minimum Gasteiger partial charge on any atom is -0.449 e. The number of aromatic nitrogens is 2. The molecule has 3 aromatic rings. The van der Waals surface area contributed by atoms with Crippen molar-refractivity contribution < 1.29 is 14.3 Å². The number of ether oxygens (including phenoxy) is 1. The third-order valence-corrected chi connectivity index (χ3v) is 5.78. The van der Waals surface area contributed by atoms with E-state index in [0.717, 1.165) is 28.1 Å². The highest BCUT2D eigenvalue weighted by Crippen LogP contribution is 2.31. The summed E-state index contributed by atoms with van der Waals surface area (Å²) in [5.41, 5.74) is 5.49. The number of amides is 2. The van der Waals surface area contributed by atoms with Crippen LogP contribution in [-0.4, -0.2) is 42.7 Å². The van der Waals surface area contributed by atoms with Gasteiger partial charge < -0.3 is 20.7 Å². The lowest BCUT2D eigenvalue weighted by Gasteiger charge is -2.17. The van der Waals surface area contributed by atoms with Gasteiger partial charge in [0, 0.05) is 26.2 Å². The van der Waals surface area contributed by atoms with E-state index in [9.17, 15) is 9.59 Å². The van der Waals surface area contributed by atoms with E-state index >= 15 is 0 Å². The highest BCUT2D eigenvalue weighted by atomic mass is 35.5. The Bertz CT molecular complexity index is 1280. The molecule has 9 nitrogen and oxygen atoms in total. The quantitative estimate of drug-likeness (QED) is 0.484. The molecule has 0 radical (unpaired) electrons. The standard InChI is InChI=1S/C24H25ClN6O3/c1-13-9-14(2)20(17(10-13)22(32)26-3)29-21-18(25)12-27-23(30-21)28-16-5-6-19-15(11-16)7-8-34-24(33)31(19)4/h5-6,9-12H,7-8H2,1-4H3,(H,26,32)(H2,27,28,29,30). The molecular weight excluding hydrogens is 456 g/mol. The zero-order valence-corrected chi connectivity index (χ0v) is 20.1. The van der Waals surface area contributed by atoms with E-state index in [2.05, 4.69) is 25.9 Å². The van der Waals surface area contributed by atoms with E-state index in [0.29, 0.717) is 41.1 Å². The summed E-state index contributed by atoms with van der Waals surface area (Å²) in [4.78, 5) is 34.7. The van der Waals surface area contributed by atoms with Gasteiger partial charge in [-0.25, -0.2) is 9.78 Å². The normalized spacial score (nSPS) is 13.0. The summed E-state index contributed by atoms with van der Waals surface area (Å²) >= 11 is 6.37. The Kier molecular flexibility index (Phi) is 6.56. The number of hydrogen-bond donors (Lipinski definition) is 3. The van der Waals surface area contributed by atoms with Gasteiger partial charge in [-0.2, -0.15) is 4.98 Å². The smallest absolute Gasteiger partial charge is 0.414 e. The lowest BCUT2D eigenvalue weighted by Crippen LogP contribution is -2.25. The lowest BCUT2D eigenvalue weighted by atomic mass is 10.0. The molecule has 176 valence electrons. The number of cyclic esters (lactones) is 1. The molecule has 0 saturated carbocycles. The van der Waals surface area contributed by atoms with Crippen LogP contribution in [0.25, 0.3) is 0 Å². The Hall–Kier alpha value is -3.85. The first-order chi connectivity index (χ1) is 16.3. The van der Waals surface area contributed by atoms with E-state index < -0.39 is 0 Å². The summed E-state index contributed by atoms with van der Waals surface area (Å²) in [6, 6.07) is 9.41. The van der Waals surface area contributed by atoms with Crippen LogP contribution in [0.4, 0.5) is 33.6 Å². The molecule has 34 heavy (non-hydrogen) atoms. The Balaban J connectivity index is 1.63. The minimum atomic E-state index is -0.376. The molecule has 0 aliphatic carbocycles. The van der Waals surface area contributed by atoms with E-state index in [1.807, 2.05) is 44.2 Å². The second kappa shape index (κ2) is 9.56. The maximum absolute atomic E-state index is 12.4. The molecule has 0 atom stereocenters. The van der Waals surface area contributed by atoms with Crippen molar-refractivity contribution in [3.05, 3.63) is 63.8 Å². The Morgan fingerprint density at radius 2 is 1.97 bits per heavy atom. The average Bonchev–Trinajstić information content (AvgIpc) is 2.94. The van der Waals surface area contributed by atoms with E-state index in [1.54, 1.807) is 14.1 Å². The first kappa shape index (κ1) is 23.3. The summed E-state index contributed by atoms with van der Waals surface area (Å²) < 4.78 is 5.18. The topological polar surface area (TPSA) is 108 Å². The highest BCUT2D eigenvalue weighted by Gasteiger charge is 2.20. The van der Waals surface area contributed by atoms with Crippen LogP contribution in [0.15, 0.2) is 36.5 Å². The summed E-state index contributed by atoms with van der Waals surface area (Å²) in [6.45, 7) is 4.16. The molecule has 10 heteroatoms. The van der Waals surface area contributed by atoms with Gasteiger partial charge >= 0.3 is 6.09 Å². The maximum Gasteiger partial charge on any atom is 0.414 e. The van der Waals surface area contributed by atoms with Gasteiger partial charge in [-0.15, -0.1) is 0 Å². The number of rotatable bonds is 5. The van der Waals surface area contributed by atoms with Crippen molar-refractivity contribution in [2.24, 2.45) is 0 Å². The van der Waals surface area contributed by atoms with Crippen LogP contribution < -0.4 is 20.9 Å². The van der Waals surface area contributed by atoms with Crippen molar-refractivity contribution in [3.8, 4) is 0 Å². The lowest BCUT2D eigenvalue weighted by molar-refractivity contribution is 0.0963. The van der Waals surface area contributed by atoms with E-state index in [1.165, 1.54) is 11.1 Å². The molecule has 2 aromatic carbocycles. The third kappa shape index (κ3) is 4.74. The Morgan fingerprint density at radius 1 is 1.18 bits per heavy atom. The zero-order valence-electron chi connectivity index (χ0n) is 19.3. The molecular formula is C24H25ClN6O3. The number of nitrogens with one attached hydrogen (secondary N) is 3. The fourth-order valence-corrected chi connectivity index (χ4v) is 3.98. The molecule has 0 spiro atoms. The van der Waals surface area contributed by atoms with E-state index in [4.69, 9.17) is 16.3 Å². The largest absolute Gasteiger partial charge is 0.449 e. The van der Waals surface area contributed by atoms with Gasteiger partial charge in [-0.1, -0.05) is 17.7 Å². The van der Waals surface area contributed by atoms with Crippen LogP contribution in [0.5, 0.6) is 0 Å². The SMILES string of the molecule is CNC(=O)c1cc(C)cc(C)c1Nc1nc(Nc2ccc3c(c2)CCOC(=O)N3C)ncc1Cl. The van der Waals surface area contributed by atoms with Crippen LogP contribution in [0.1, 0.15) is 27.0 Å². The molecule has 3 N–H and O–H groups in total. The molecule has 4 rings (SSSR count). The maximum atomic E-state index is 12.4. The second-order valence-corrected chi connectivity index (χ2v) is 8.40. The van der Waals surface area contributed by atoms with Crippen molar-refractivity contribution in [2.75, 3.05) is 36.2 Å². The van der Waals surface area contributed by atoms with Gasteiger partial charge in [0.2, 0.25) is 5.95 Å². The molecule has 0 bridgehead atoms. The summed E-state index contributed by atoms with van der Waals surface area (Å²) in [7, 11) is 3.27. The molecule has 0 saturated heterocycles. The zero-order chi connectivity index (χ0) is 24.4. The van der Waals surface area contributed by atoms with Crippen molar-refractivity contribution in [1.29, 1.82) is 0 Å². The van der Waals surface area contributed by atoms with Crippen LogP contribution >= 0.6 is 11.6 Å². The van der Waals surface area contributed by atoms with Crippen LogP contribution in [0.3, 0.4) is 0 Å². The average molecular weight is 481 g/mol. The number of fused-ring (bicyclic) bond motifs is 1. The molecule has 1 aromatic heterocycles. The summed E-state index contributed by atoms with van der Waals surface area (Å²) in [6.07, 6.45) is 1.72. The number of aryl methyl sites for hydroxylation is 2. The number of anilines is 5. The van der Waals surface area contributed by atoms with Gasteiger partial charge in [0.1, 0.15) is 5.02 Å². The first-order valence-corrected chi connectivity index (χ1v) is 11.1. The number of benzene rings is 2. The summed E-state index contributed by atoms with van der Waals surface area (Å²) in [5, 5.41) is 9.36. The first-order valence-electron chi connectivity index (χ1n) is 10.7. The third-order valence-electron chi connectivity index (χ3n) is 5.51. The molecule has 1 aliphatic rings. The predicted molar refractivity (Wildman–Crippen MR) is 133 cm³/mol. The van der Waals surface area contributed by atoms with Gasteiger partial charge in [-0.05, 0) is 54.8 Å². The molecule has 2 heterocycles. The van der Waals surface area contributed by atoms with Crippen LogP contribution in [-0.2, 0) is 11.2 Å². The van der Waals surface area contributed by atoms with Gasteiger partial charge in [0.15, 0.2) is 5.82 Å². The fourth-order valence-electron chi connectivity index (χ4n) is 3.84. The van der Waals surface area contributed by atoms with Gasteiger partial charge in [0.25, 0.3) is 5.91 Å². The molecule has 1 aliphatic heterocycles. The number of halogens is 1. The van der Waals surface area contributed by atoms with Crippen molar-refractivity contribution in [2.45, 2.75) is 20.3 Å². The summed E-state index contributed by atoms with van der Waals surface area (Å²) in [5.74, 6) is 0.479. The van der Waals surface area contributed by atoms with Gasteiger partial charge in [-0.3, -0.25) is 9.69 Å². The number of carbonyl (C=O) groups is 2. The fraction of sp³-hybridized carbons (Fsp3) is 0.250. The predicted octanol–water partition coefficient (Wildman–Crippen LogP) is 4.72. The van der Waals surface area contributed by atoms with Crippen molar-refractivity contribution in [1.82, 2.24) is 15.3 Å². The molecule has 0 fully saturated rings. The number of hydrogen-bond acceptors (Lipinski definition) is 7. The van der Waals surface area contributed by atoms with Crippen LogP contribution in [0.2, 0.25) is 5.02 Å². The van der Waals surface area contributed by atoms with E-state index in [-0.39, 0.29) is 12.0 Å².